The van der Waals surface area contributed by atoms with Gasteiger partial charge in [-0.3, -0.25) is 0 Å². The number of benzene rings is 1. The van der Waals surface area contributed by atoms with Crippen molar-refractivity contribution in [2.45, 2.75) is 27.2 Å². The third kappa shape index (κ3) is 3.39. The first-order valence-electron chi connectivity index (χ1n) is 6.45. The molecule has 0 spiro atoms. The molecule has 1 aromatic rings. The molecule has 0 aliphatic heterocycles. The fraction of sp³-hybridized carbons (Fsp3) is 0.500. The molecule has 0 amide bonds. The van der Waals surface area contributed by atoms with Crippen molar-refractivity contribution in [3.05, 3.63) is 23.8 Å². The molecule has 4 heteroatoms. The molecule has 0 fully saturated rings. The molecular formula is C14H22N2O2. The molecule has 100 valence electrons. The zero-order valence-electron chi connectivity index (χ0n) is 11.4. The number of nitrogens with two attached hydrogens (primary N) is 1. The number of carbonyl (C=O) groups is 1. The Hall–Kier alpha value is -1.71. The molecule has 0 bridgehead atoms. The Morgan fingerprint density at radius 2 is 2.06 bits per heavy atom. The van der Waals surface area contributed by atoms with Crippen LogP contribution in [0.4, 0.5) is 11.4 Å². The first kappa shape index (κ1) is 14.4. The summed E-state index contributed by atoms with van der Waals surface area (Å²) in [5, 5.41) is 0. The van der Waals surface area contributed by atoms with Crippen molar-refractivity contribution in [1.82, 2.24) is 0 Å². The normalized spacial score (nSPS) is 10.2. The largest absolute Gasteiger partial charge is 0.462 e. The van der Waals surface area contributed by atoms with Crippen LogP contribution < -0.4 is 10.6 Å². The van der Waals surface area contributed by atoms with Crippen LogP contribution in [-0.4, -0.2) is 25.7 Å². The minimum absolute atomic E-state index is 0.300. The molecular weight excluding hydrogens is 228 g/mol. The van der Waals surface area contributed by atoms with Gasteiger partial charge in [0.2, 0.25) is 0 Å². The van der Waals surface area contributed by atoms with Crippen LogP contribution in [0, 0.1) is 0 Å². The first-order chi connectivity index (χ1) is 8.63. The highest BCUT2D eigenvalue weighted by atomic mass is 16.5. The summed E-state index contributed by atoms with van der Waals surface area (Å²) in [6.45, 7) is 8.16. The standard InChI is InChI=1S/C14H22N2O2/c1-4-9-16(5-2)13-10-11(7-8-12(13)15)14(17)18-6-3/h7-8,10H,4-6,9,15H2,1-3H3. The fourth-order valence-corrected chi connectivity index (χ4v) is 1.88. The molecule has 2 N–H and O–H groups in total. The van der Waals surface area contributed by atoms with Gasteiger partial charge in [0.1, 0.15) is 0 Å². The van der Waals surface area contributed by atoms with E-state index < -0.39 is 0 Å². The summed E-state index contributed by atoms with van der Waals surface area (Å²) in [6.07, 6.45) is 1.04. The van der Waals surface area contributed by atoms with Crippen LogP contribution in [0.1, 0.15) is 37.6 Å². The Balaban J connectivity index is 3.03. The molecule has 1 rings (SSSR count). The number of ether oxygens (including phenoxy) is 1. The van der Waals surface area contributed by atoms with E-state index in [4.69, 9.17) is 10.5 Å². The van der Waals surface area contributed by atoms with Gasteiger partial charge in [0, 0.05) is 13.1 Å². The van der Waals surface area contributed by atoms with Crippen molar-refractivity contribution in [1.29, 1.82) is 0 Å². The maximum atomic E-state index is 11.7. The molecule has 0 heterocycles. The van der Waals surface area contributed by atoms with Gasteiger partial charge in [0.05, 0.1) is 23.5 Å². The van der Waals surface area contributed by atoms with E-state index >= 15 is 0 Å². The quantitative estimate of drug-likeness (QED) is 0.623. The lowest BCUT2D eigenvalue weighted by molar-refractivity contribution is 0.0526. The molecule has 0 saturated carbocycles. The average Bonchev–Trinajstić information content (AvgIpc) is 2.37. The van der Waals surface area contributed by atoms with Crippen LogP contribution in [0.5, 0.6) is 0 Å². The lowest BCUT2D eigenvalue weighted by Crippen LogP contribution is -2.24. The van der Waals surface area contributed by atoms with Gasteiger partial charge in [0.15, 0.2) is 0 Å². The van der Waals surface area contributed by atoms with E-state index in [9.17, 15) is 4.79 Å². The van der Waals surface area contributed by atoms with Gasteiger partial charge in [-0.15, -0.1) is 0 Å². The number of nitrogens with zero attached hydrogens (tertiary/aromatic N) is 1. The van der Waals surface area contributed by atoms with Gasteiger partial charge >= 0.3 is 5.97 Å². The number of anilines is 2. The van der Waals surface area contributed by atoms with E-state index in [2.05, 4.69) is 18.7 Å². The molecule has 1 aromatic carbocycles. The highest BCUT2D eigenvalue weighted by molar-refractivity contribution is 5.92. The van der Waals surface area contributed by atoms with Crippen molar-refractivity contribution in [3.63, 3.8) is 0 Å². The number of esters is 1. The molecule has 0 aromatic heterocycles. The predicted octanol–water partition coefficient (Wildman–Crippen LogP) is 2.68. The SMILES string of the molecule is CCCN(CC)c1cc(C(=O)OCC)ccc1N. The van der Waals surface area contributed by atoms with Crippen molar-refractivity contribution in [2.75, 3.05) is 30.3 Å². The van der Waals surface area contributed by atoms with Gasteiger partial charge in [-0.05, 0) is 38.5 Å². The molecule has 0 unspecified atom stereocenters. The van der Waals surface area contributed by atoms with Gasteiger partial charge in [-0.1, -0.05) is 6.92 Å². The summed E-state index contributed by atoms with van der Waals surface area (Å²) in [4.78, 5) is 13.9. The lowest BCUT2D eigenvalue weighted by atomic mass is 10.1. The van der Waals surface area contributed by atoms with E-state index in [0.717, 1.165) is 25.2 Å². The average molecular weight is 250 g/mol. The number of hydrogen-bond acceptors (Lipinski definition) is 4. The number of carbonyl (C=O) groups excluding carboxylic acids is 1. The molecule has 0 atom stereocenters. The van der Waals surface area contributed by atoms with Crippen molar-refractivity contribution in [3.8, 4) is 0 Å². The molecule has 0 radical (unpaired) electrons. The summed E-state index contributed by atoms with van der Waals surface area (Å²) >= 11 is 0. The Morgan fingerprint density at radius 1 is 1.33 bits per heavy atom. The first-order valence-corrected chi connectivity index (χ1v) is 6.45. The van der Waals surface area contributed by atoms with Gasteiger partial charge in [-0.25, -0.2) is 4.79 Å². The molecule has 18 heavy (non-hydrogen) atoms. The zero-order valence-corrected chi connectivity index (χ0v) is 11.4. The Kier molecular flexibility index (Phi) is 5.49. The minimum atomic E-state index is -0.300. The summed E-state index contributed by atoms with van der Waals surface area (Å²) in [7, 11) is 0. The number of rotatable bonds is 6. The van der Waals surface area contributed by atoms with Crippen molar-refractivity contribution < 1.29 is 9.53 Å². The van der Waals surface area contributed by atoms with Crippen molar-refractivity contribution >= 4 is 17.3 Å². The Labute approximate surface area is 109 Å². The summed E-state index contributed by atoms with van der Waals surface area (Å²) in [5.74, 6) is -0.300. The highest BCUT2D eigenvalue weighted by Crippen LogP contribution is 2.25. The number of hydrogen-bond donors (Lipinski definition) is 1. The van der Waals surface area contributed by atoms with Gasteiger partial charge in [0.25, 0.3) is 0 Å². The van der Waals surface area contributed by atoms with Crippen LogP contribution in [0.3, 0.4) is 0 Å². The molecule has 0 saturated heterocycles. The summed E-state index contributed by atoms with van der Waals surface area (Å²) in [6, 6.07) is 5.28. The van der Waals surface area contributed by atoms with E-state index in [0.29, 0.717) is 17.9 Å². The topological polar surface area (TPSA) is 55.6 Å². The third-order valence-corrected chi connectivity index (χ3v) is 2.76. The van der Waals surface area contributed by atoms with Crippen LogP contribution in [0.25, 0.3) is 0 Å². The monoisotopic (exact) mass is 250 g/mol. The smallest absolute Gasteiger partial charge is 0.338 e. The van der Waals surface area contributed by atoms with Crippen LogP contribution in [-0.2, 0) is 4.74 Å². The minimum Gasteiger partial charge on any atom is -0.462 e. The van der Waals surface area contributed by atoms with Gasteiger partial charge in [-0.2, -0.15) is 0 Å². The summed E-state index contributed by atoms with van der Waals surface area (Å²) < 4.78 is 5.00. The maximum Gasteiger partial charge on any atom is 0.338 e. The third-order valence-electron chi connectivity index (χ3n) is 2.76. The molecule has 0 aliphatic carbocycles. The predicted molar refractivity (Wildman–Crippen MR) is 75.0 cm³/mol. The molecule has 0 aliphatic rings. The van der Waals surface area contributed by atoms with Crippen LogP contribution >= 0.6 is 0 Å². The Morgan fingerprint density at radius 3 is 2.61 bits per heavy atom. The van der Waals surface area contributed by atoms with E-state index in [-0.39, 0.29) is 5.97 Å². The van der Waals surface area contributed by atoms with Crippen LogP contribution in [0.2, 0.25) is 0 Å². The second-order valence-corrected chi connectivity index (χ2v) is 4.07. The van der Waals surface area contributed by atoms with E-state index in [1.165, 1.54) is 0 Å². The fourth-order valence-electron chi connectivity index (χ4n) is 1.88. The molecule has 4 nitrogen and oxygen atoms in total. The zero-order chi connectivity index (χ0) is 13.5. The van der Waals surface area contributed by atoms with Gasteiger partial charge < -0.3 is 15.4 Å². The second kappa shape index (κ2) is 6.89. The number of nitrogen functional groups attached to an aromatic ring is 1. The van der Waals surface area contributed by atoms with E-state index in [1.54, 1.807) is 19.1 Å². The second-order valence-electron chi connectivity index (χ2n) is 4.07. The van der Waals surface area contributed by atoms with Crippen LogP contribution in [0.15, 0.2) is 18.2 Å². The maximum absolute atomic E-state index is 11.7. The van der Waals surface area contributed by atoms with Crippen molar-refractivity contribution in [2.24, 2.45) is 0 Å². The van der Waals surface area contributed by atoms with E-state index in [1.807, 2.05) is 6.07 Å². The highest BCUT2D eigenvalue weighted by Gasteiger charge is 2.12. The lowest BCUT2D eigenvalue weighted by Gasteiger charge is -2.24. The Bertz CT molecular complexity index is 405. The summed E-state index contributed by atoms with van der Waals surface area (Å²) in [5.41, 5.74) is 8.13.